The molecule has 1 atom stereocenters. The molecule has 1 unspecified atom stereocenters. The molecule has 0 saturated carbocycles. The van der Waals surface area contributed by atoms with E-state index in [2.05, 4.69) is 52.8 Å². The zero-order chi connectivity index (χ0) is 22.3. The van der Waals surface area contributed by atoms with Gasteiger partial charge in [-0.15, -0.1) is 21.5 Å². The summed E-state index contributed by atoms with van der Waals surface area (Å²) in [5.41, 5.74) is 1.22. The third-order valence-corrected chi connectivity index (χ3v) is 6.94. The van der Waals surface area contributed by atoms with Crippen LogP contribution < -0.4 is 4.90 Å². The van der Waals surface area contributed by atoms with Gasteiger partial charge in [0.05, 0.1) is 15.6 Å². The van der Waals surface area contributed by atoms with Gasteiger partial charge in [-0.05, 0) is 65.4 Å². The number of thiazole rings is 1. The van der Waals surface area contributed by atoms with Crippen LogP contribution in [0.4, 0.5) is 10.2 Å². The topological polar surface area (TPSA) is 65.4 Å². The molecular weight excluding hydrogens is 413 g/mol. The first-order valence-corrected chi connectivity index (χ1v) is 11.2. The number of aromatic hydroxyl groups is 1. The van der Waals surface area contributed by atoms with Crippen molar-refractivity contribution < 1.29 is 9.50 Å². The van der Waals surface area contributed by atoms with Crippen LogP contribution in [0.2, 0.25) is 0 Å². The minimum absolute atomic E-state index is 0.0301. The number of hydrogen-bond donors (Lipinski definition) is 1. The first kappa shape index (κ1) is 21.6. The van der Waals surface area contributed by atoms with E-state index < -0.39 is 5.82 Å². The largest absolute Gasteiger partial charge is 0.507 e. The van der Waals surface area contributed by atoms with Crippen LogP contribution in [0, 0.1) is 12.7 Å². The molecule has 1 N–H and O–H groups in total. The lowest BCUT2D eigenvalue weighted by molar-refractivity contribution is 0.127. The van der Waals surface area contributed by atoms with Crippen LogP contribution in [0.25, 0.3) is 21.7 Å². The lowest BCUT2D eigenvalue weighted by Gasteiger charge is -2.36. The normalized spacial score (nSPS) is 17.0. The summed E-state index contributed by atoms with van der Waals surface area (Å²) in [6.07, 6.45) is 2.69. The maximum absolute atomic E-state index is 14.8. The molecule has 1 saturated heterocycles. The van der Waals surface area contributed by atoms with Gasteiger partial charge in [-0.3, -0.25) is 4.90 Å². The highest BCUT2D eigenvalue weighted by Crippen LogP contribution is 2.37. The van der Waals surface area contributed by atoms with Crippen molar-refractivity contribution in [3.63, 3.8) is 0 Å². The lowest BCUT2D eigenvalue weighted by Crippen LogP contribution is -2.46. The fraction of sp³-hybridized carbons (Fsp3) is 0.435. The minimum atomic E-state index is -0.421. The summed E-state index contributed by atoms with van der Waals surface area (Å²) in [7, 11) is 2.16. The van der Waals surface area contributed by atoms with E-state index in [0.29, 0.717) is 27.7 Å². The summed E-state index contributed by atoms with van der Waals surface area (Å²) in [4.78, 5) is 9.47. The number of halogens is 1. The number of hydrogen-bond acceptors (Lipinski definition) is 7. The Balaban J connectivity index is 1.53. The second kappa shape index (κ2) is 8.16. The van der Waals surface area contributed by atoms with E-state index in [4.69, 9.17) is 0 Å². The molecule has 6 nitrogen and oxygen atoms in total. The third-order valence-electron chi connectivity index (χ3n) is 5.99. The Kier molecular flexibility index (Phi) is 5.70. The number of phenols is 1. The zero-order valence-electron chi connectivity index (χ0n) is 18.6. The van der Waals surface area contributed by atoms with Gasteiger partial charge in [0.25, 0.3) is 0 Å². The number of anilines is 1. The molecule has 3 aromatic rings. The van der Waals surface area contributed by atoms with Crippen LogP contribution in [0.1, 0.15) is 32.2 Å². The Morgan fingerprint density at radius 2 is 1.97 bits per heavy atom. The van der Waals surface area contributed by atoms with Gasteiger partial charge in [0.15, 0.2) is 5.82 Å². The number of rotatable bonds is 4. The van der Waals surface area contributed by atoms with Gasteiger partial charge in [0, 0.05) is 42.0 Å². The Morgan fingerprint density at radius 1 is 1.19 bits per heavy atom. The van der Waals surface area contributed by atoms with Crippen molar-refractivity contribution in [1.29, 1.82) is 0 Å². The molecule has 8 heteroatoms. The second-order valence-electron chi connectivity index (χ2n) is 9.04. The lowest BCUT2D eigenvalue weighted by atomic mass is 10.0. The molecule has 1 aliphatic heterocycles. The molecule has 1 aromatic carbocycles. The predicted octanol–water partition coefficient (Wildman–Crippen LogP) is 4.73. The number of phenolic OH excluding ortho intramolecular Hbond substituents is 1. The number of nitrogens with zero attached hydrogens (tertiary/aromatic N) is 5. The van der Waals surface area contributed by atoms with E-state index >= 15 is 0 Å². The van der Waals surface area contributed by atoms with Crippen LogP contribution in [0.3, 0.4) is 0 Å². The third kappa shape index (κ3) is 4.41. The summed E-state index contributed by atoms with van der Waals surface area (Å²) in [5.74, 6) is 0.345. The van der Waals surface area contributed by atoms with Crippen LogP contribution in [-0.4, -0.2) is 56.9 Å². The summed E-state index contributed by atoms with van der Waals surface area (Å²) in [6.45, 7) is 10.3. The molecule has 4 rings (SSSR count). The van der Waals surface area contributed by atoms with Gasteiger partial charge in [-0.2, -0.15) is 0 Å². The van der Waals surface area contributed by atoms with Gasteiger partial charge in [0.1, 0.15) is 11.6 Å². The molecule has 2 aromatic heterocycles. The van der Waals surface area contributed by atoms with Crippen molar-refractivity contribution in [2.24, 2.45) is 0 Å². The number of aryl methyl sites for hydroxylation is 1. The fourth-order valence-electron chi connectivity index (χ4n) is 3.89. The molecule has 0 spiro atoms. The minimum Gasteiger partial charge on any atom is -0.507 e. The quantitative estimate of drug-likeness (QED) is 0.632. The average molecular weight is 442 g/mol. The molecule has 1 aliphatic rings. The molecule has 0 bridgehead atoms. The van der Waals surface area contributed by atoms with E-state index in [9.17, 15) is 9.50 Å². The van der Waals surface area contributed by atoms with Crippen LogP contribution >= 0.6 is 11.3 Å². The maximum Gasteiger partial charge on any atom is 0.151 e. The van der Waals surface area contributed by atoms with Crippen LogP contribution in [-0.2, 0) is 0 Å². The highest BCUT2D eigenvalue weighted by atomic mass is 32.1. The Labute approximate surface area is 186 Å². The zero-order valence-corrected chi connectivity index (χ0v) is 19.4. The van der Waals surface area contributed by atoms with Crippen molar-refractivity contribution in [2.75, 3.05) is 25.0 Å². The summed E-state index contributed by atoms with van der Waals surface area (Å²) < 4.78 is 14.8. The first-order chi connectivity index (χ1) is 14.6. The molecular formula is C23H28FN5OS. The monoisotopic (exact) mass is 441 g/mol. The SMILES string of the molecule is Cc1ncc(-c2cc(O)c(-c3ccc(N4CCC(N(C)C(C)(C)C)C4)nn3)cc2F)s1. The highest BCUT2D eigenvalue weighted by molar-refractivity contribution is 7.15. The Bertz CT molecular complexity index is 1080. The van der Waals surface area contributed by atoms with Crippen molar-refractivity contribution in [1.82, 2.24) is 20.1 Å². The van der Waals surface area contributed by atoms with Crippen LogP contribution in [0.5, 0.6) is 5.75 Å². The van der Waals surface area contributed by atoms with Crippen LogP contribution in [0.15, 0.2) is 30.5 Å². The van der Waals surface area contributed by atoms with Gasteiger partial charge >= 0.3 is 0 Å². The van der Waals surface area contributed by atoms with Crippen molar-refractivity contribution in [2.45, 2.75) is 45.7 Å². The van der Waals surface area contributed by atoms with E-state index in [0.717, 1.165) is 30.3 Å². The van der Waals surface area contributed by atoms with Crippen molar-refractivity contribution >= 4 is 17.2 Å². The van der Waals surface area contributed by atoms with E-state index in [1.165, 1.54) is 23.5 Å². The Hall–Kier alpha value is -2.58. The molecule has 164 valence electrons. The highest BCUT2D eigenvalue weighted by Gasteiger charge is 2.31. The number of benzene rings is 1. The predicted molar refractivity (Wildman–Crippen MR) is 123 cm³/mol. The van der Waals surface area contributed by atoms with Gasteiger partial charge in [0.2, 0.25) is 0 Å². The summed E-state index contributed by atoms with van der Waals surface area (Å²) in [5, 5.41) is 20.0. The van der Waals surface area contributed by atoms with E-state index in [1.807, 2.05) is 13.0 Å². The molecule has 0 amide bonds. The number of likely N-dealkylation sites (N-methyl/N-ethyl adjacent to an activating group) is 1. The Morgan fingerprint density at radius 3 is 2.58 bits per heavy atom. The first-order valence-electron chi connectivity index (χ1n) is 10.4. The van der Waals surface area contributed by atoms with Crippen molar-refractivity contribution in [3.05, 3.63) is 41.3 Å². The summed E-state index contributed by atoms with van der Waals surface area (Å²) >= 11 is 1.39. The average Bonchev–Trinajstić information content (AvgIpc) is 3.38. The molecule has 0 aliphatic carbocycles. The molecule has 3 heterocycles. The van der Waals surface area contributed by atoms with E-state index in [-0.39, 0.29) is 11.3 Å². The smallest absolute Gasteiger partial charge is 0.151 e. The fourth-order valence-corrected chi connectivity index (χ4v) is 4.69. The molecule has 31 heavy (non-hydrogen) atoms. The number of aromatic nitrogens is 3. The van der Waals surface area contributed by atoms with Gasteiger partial charge < -0.3 is 10.0 Å². The van der Waals surface area contributed by atoms with E-state index in [1.54, 1.807) is 12.3 Å². The maximum atomic E-state index is 14.8. The second-order valence-corrected chi connectivity index (χ2v) is 10.3. The van der Waals surface area contributed by atoms with Crippen molar-refractivity contribution in [3.8, 4) is 27.4 Å². The standard InChI is InChI=1S/C23H28FN5OS/c1-14-25-12-21(31-14)16-11-20(30)17(10-18(16)24)19-6-7-22(27-26-19)29-9-8-15(13-29)28(5)23(2,3)4/h6-7,10-12,15,30H,8-9,13H2,1-5H3. The molecule has 1 fully saturated rings. The summed E-state index contributed by atoms with van der Waals surface area (Å²) in [6, 6.07) is 6.88. The van der Waals surface area contributed by atoms with Gasteiger partial charge in [-0.25, -0.2) is 9.37 Å². The van der Waals surface area contributed by atoms with Gasteiger partial charge in [-0.1, -0.05) is 0 Å². The molecule has 0 radical (unpaired) electrons.